The summed E-state index contributed by atoms with van der Waals surface area (Å²) in [6, 6.07) is -1.97. The van der Waals surface area contributed by atoms with Crippen molar-refractivity contribution in [1.29, 1.82) is 5.41 Å². The van der Waals surface area contributed by atoms with E-state index in [4.69, 9.17) is 19.6 Å². The first-order valence-corrected chi connectivity index (χ1v) is 8.88. The highest BCUT2D eigenvalue weighted by Gasteiger charge is 2.57. The summed E-state index contributed by atoms with van der Waals surface area (Å²) in [5, 5.41) is 18.9. The van der Waals surface area contributed by atoms with Gasteiger partial charge in [-0.3, -0.25) is 9.59 Å². The highest BCUT2D eigenvalue weighted by Crippen LogP contribution is 2.40. The first-order chi connectivity index (χ1) is 12.4. The molecule has 3 aliphatic heterocycles. The Labute approximate surface area is 153 Å². The average Bonchev–Trinajstić information content (AvgIpc) is 3.09. The molecule has 0 aliphatic carbocycles. The first-order valence-electron chi connectivity index (χ1n) is 7.83. The number of carbonyl (C=O) groups is 3. The van der Waals surface area contributed by atoms with Gasteiger partial charge in [0.05, 0.1) is 19.4 Å². The molecule has 0 aromatic heterocycles. The predicted molar refractivity (Wildman–Crippen MR) is 89.8 cm³/mol. The molecule has 3 fully saturated rings. The summed E-state index contributed by atoms with van der Waals surface area (Å²) < 4.78 is 15.9. The van der Waals surface area contributed by atoms with Gasteiger partial charge >= 0.3 is 5.97 Å². The summed E-state index contributed by atoms with van der Waals surface area (Å²) in [6.45, 7) is 4.12. The number of amides is 2. The Bertz CT molecular complexity index is 664. The molecule has 3 saturated heterocycles. The zero-order valence-corrected chi connectivity index (χ0v) is 14.8. The van der Waals surface area contributed by atoms with Gasteiger partial charge in [-0.05, 0) is 5.57 Å². The van der Waals surface area contributed by atoms with E-state index in [1.807, 2.05) is 0 Å². The predicted octanol–water partition coefficient (Wildman–Crippen LogP) is -1.20. The van der Waals surface area contributed by atoms with E-state index in [1.54, 1.807) is 0 Å². The van der Waals surface area contributed by atoms with Crippen molar-refractivity contribution >= 4 is 35.8 Å². The number of thioether (sulfide) groups is 1. The number of rotatable bonds is 6. The van der Waals surface area contributed by atoms with Gasteiger partial charge in [-0.25, -0.2) is 4.79 Å². The van der Waals surface area contributed by atoms with Gasteiger partial charge in [0.25, 0.3) is 5.91 Å². The van der Waals surface area contributed by atoms with E-state index in [1.165, 1.54) is 23.8 Å². The Morgan fingerprint density at radius 3 is 2.73 bits per heavy atom. The summed E-state index contributed by atoms with van der Waals surface area (Å²) in [5.74, 6) is -3.59. The molecule has 0 radical (unpaired) electrons. The minimum Gasteiger partial charge on any atom is -0.479 e. The van der Waals surface area contributed by atoms with E-state index in [-0.39, 0.29) is 13.2 Å². The van der Waals surface area contributed by atoms with E-state index in [0.717, 1.165) is 6.21 Å². The number of hydrogen-bond donors (Lipinski definition) is 3. The van der Waals surface area contributed by atoms with Crippen LogP contribution in [0.15, 0.2) is 12.2 Å². The smallest absolute Gasteiger partial charge is 0.330 e. The number of carboxylic acids is 1. The number of carboxylic acid groups (broad SMARTS) is 1. The van der Waals surface area contributed by atoms with E-state index in [9.17, 15) is 19.5 Å². The van der Waals surface area contributed by atoms with Gasteiger partial charge in [-0.1, -0.05) is 6.58 Å². The van der Waals surface area contributed by atoms with Crippen LogP contribution in [0.4, 0.5) is 0 Å². The van der Waals surface area contributed by atoms with Crippen molar-refractivity contribution in [2.75, 3.05) is 26.1 Å². The van der Waals surface area contributed by atoms with Gasteiger partial charge in [0.15, 0.2) is 12.1 Å². The summed E-state index contributed by atoms with van der Waals surface area (Å²) in [6.07, 6.45) is -0.425. The molecule has 0 saturated carbocycles. The molecule has 0 aromatic rings. The Hall–Kier alpha value is -1.95. The lowest BCUT2D eigenvalue weighted by Crippen LogP contribution is -2.75. The molecular formula is C15H19N3O7S. The second kappa shape index (κ2) is 6.99. The lowest BCUT2D eigenvalue weighted by atomic mass is 9.98. The minimum absolute atomic E-state index is 0.208. The number of fused-ring (bicyclic) bond motifs is 1. The van der Waals surface area contributed by atoms with Crippen molar-refractivity contribution in [3.8, 4) is 0 Å². The maximum atomic E-state index is 12.6. The monoisotopic (exact) mass is 385 g/mol. The van der Waals surface area contributed by atoms with Crippen molar-refractivity contribution in [3.63, 3.8) is 0 Å². The molecule has 3 unspecified atom stereocenters. The van der Waals surface area contributed by atoms with Crippen LogP contribution in [0.2, 0.25) is 0 Å². The number of β-lactam (4-membered cyclic amide) rings is 1. The normalized spacial score (nSPS) is 31.0. The Morgan fingerprint density at radius 2 is 2.19 bits per heavy atom. The van der Waals surface area contributed by atoms with E-state index >= 15 is 0 Å². The molecule has 142 valence electrons. The molecule has 0 aromatic carbocycles. The number of aliphatic carboxylic acids is 1. The molecule has 0 spiro atoms. The number of nitrogens with one attached hydrogen (secondary N) is 2. The third-order valence-electron chi connectivity index (χ3n) is 4.49. The van der Waals surface area contributed by atoms with Crippen LogP contribution in [0.25, 0.3) is 0 Å². The second-order valence-corrected chi connectivity index (χ2v) is 7.12. The van der Waals surface area contributed by atoms with Crippen molar-refractivity contribution in [2.24, 2.45) is 0 Å². The lowest BCUT2D eigenvalue weighted by molar-refractivity contribution is -0.187. The molecule has 3 N–H and O–H groups in total. The van der Waals surface area contributed by atoms with Crippen LogP contribution in [0, 0.1) is 5.41 Å². The minimum atomic E-state index is -1.64. The van der Waals surface area contributed by atoms with E-state index in [0.29, 0.717) is 11.3 Å². The molecule has 2 amide bonds. The van der Waals surface area contributed by atoms with Gasteiger partial charge in [-0.2, -0.15) is 0 Å². The molecular weight excluding hydrogens is 366 g/mol. The van der Waals surface area contributed by atoms with Gasteiger partial charge in [0.1, 0.15) is 11.4 Å². The van der Waals surface area contributed by atoms with Crippen molar-refractivity contribution in [2.45, 2.75) is 29.3 Å². The fourth-order valence-corrected chi connectivity index (χ4v) is 4.58. The van der Waals surface area contributed by atoms with Crippen LogP contribution in [0.5, 0.6) is 0 Å². The number of methoxy groups -OCH3 is 1. The quantitative estimate of drug-likeness (QED) is 0.295. The molecule has 3 aliphatic rings. The lowest BCUT2D eigenvalue weighted by Gasteiger charge is -2.52. The van der Waals surface area contributed by atoms with Gasteiger partial charge in [0.2, 0.25) is 11.7 Å². The zero-order chi connectivity index (χ0) is 19.1. The fourth-order valence-electron chi connectivity index (χ4n) is 3.27. The molecule has 3 rings (SSSR count). The molecule has 26 heavy (non-hydrogen) atoms. The maximum absolute atomic E-state index is 12.6. The summed E-state index contributed by atoms with van der Waals surface area (Å²) in [4.78, 5) is 37.7. The summed E-state index contributed by atoms with van der Waals surface area (Å²) in [7, 11) is 1.27. The van der Waals surface area contributed by atoms with Crippen LogP contribution in [-0.4, -0.2) is 89.4 Å². The molecule has 4 atom stereocenters. The SMILES string of the molecule is C=C1CS[C@@H]2C(NC(=O)C(OC)C3(C=N)OCCO3)C(=O)N2C1C(=O)O. The Balaban J connectivity index is 1.72. The Kier molecular flexibility index (Phi) is 5.06. The largest absolute Gasteiger partial charge is 0.479 e. The third kappa shape index (κ3) is 2.80. The average molecular weight is 385 g/mol. The summed E-state index contributed by atoms with van der Waals surface area (Å²) in [5.41, 5.74) is 0.433. The zero-order valence-electron chi connectivity index (χ0n) is 14.0. The first kappa shape index (κ1) is 18.8. The van der Waals surface area contributed by atoms with Crippen molar-refractivity contribution in [3.05, 3.63) is 12.2 Å². The van der Waals surface area contributed by atoms with Crippen LogP contribution < -0.4 is 5.32 Å². The van der Waals surface area contributed by atoms with Gasteiger partial charge in [0, 0.05) is 12.9 Å². The Morgan fingerprint density at radius 1 is 1.54 bits per heavy atom. The van der Waals surface area contributed by atoms with Crippen molar-refractivity contribution in [1.82, 2.24) is 10.2 Å². The number of ether oxygens (including phenoxy) is 3. The van der Waals surface area contributed by atoms with E-state index in [2.05, 4.69) is 11.9 Å². The number of hydrogen-bond acceptors (Lipinski definition) is 8. The van der Waals surface area contributed by atoms with Gasteiger partial charge < -0.3 is 34.9 Å². The molecule has 0 bridgehead atoms. The molecule has 11 heteroatoms. The third-order valence-corrected chi connectivity index (χ3v) is 5.87. The van der Waals surface area contributed by atoms with Crippen LogP contribution in [-0.2, 0) is 28.6 Å². The highest BCUT2D eigenvalue weighted by molar-refractivity contribution is 8.00. The van der Waals surface area contributed by atoms with Crippen LogP contribution in [0.1, 0.15) is 0 Å². The topological polar surface area (TPSA) is 138 Å². The second-order valence-electron chi connectivity index (χ2n) is 6.01. The van der Waals surface area contributed by atoms with Crippen LogP contribution >= 0.6 is 11.8 Å². The molecule has 3 heterocycles. The number of carbonyl (C=O) groups excluding carboxylic acids is 2. The molecule has 10 nitrogen and oxygen atoms in total. The van der Waals surface area contributed by atoms with E-state index < -0.39 is 47.1 Å². The summed E-state index contributed by atoms with van der Waals surface area (Å²) >= 11 is 1.33. The van der Waals surface area contributed by atoms with Crippen molar-refractivity contribution < 1.29 is 33.7 Å². The highest BCUT2D eigenvalue weighted by atomic mass is 32.2. The van der Waals surface area contributed by atoms with Gasteiger partial charge in [-0.15, -0.1) is 11.8 Å². The standard InChI is InChI=1S/C15H19N3O7S/c1-7-5-26-13-8(12(20)18(13)9(7)14(21)22)17-11(19)10(23-2)15(6-16)24-3-4-25-15/h6,8-10,13,16H,1,3-5H2,2H3,(H,17,19)(H,21,22)/t8?,9?,10?,13-/m1/s1. The van der Waals surface area contributed by atoms with Crippen LogP contribution in [0.3, 0.4) is 0 Å². The number of nitrogens with zero attached hydrogens (tertiary/aromatic N) is 1. The fraction of sp³-hybridized carbons (Fsp3) is 0.600. The maximum Gasteiger partial charge on any atom is 0.330 e.